The van der Waals surface area contributed by atoms with Crippen LogP contribution in [-0.2, 0) is 6.54 Å². The second kappa shape index (κ2) is 8.60. The fourth-order valence-corrected chi connectivity index (χ4v) is 2.80. The highest BCUT2D eigenvalue weighted by molar-refractivity contribution is 14.0. The Kier molecular flexibility index (Phi) is 6.75. The lowest BCUT2D eigenvalue weighted by Gasteiger charge is -2.12. The molecule has 3 rings (SSSR count). The Balaban J connectivity index is 0.00000225. The number of hydrogen-bond acceptors (Lipinski definition) is 1. The summed E-state index contributed by atoms with van der Waals surface area (Å²) in [6.07, 6.45) is 0.698. The van der Waals surface area contributed by atoms with Crippen molar-refractivity contribution >= 4 is 29.9 Å². The van der Waals surface area contributed by atoms with Gasteiger partial charge in [-0.2, -0.15) is 0 Å². The van der Waals surface area contributed by atoms with Gasteiger partial charge >= 0.3 is 0 Å². The van der Waals surface area contributed by atoms with Crippen LogP contribution in [0.1, 0.15) is 29.0 Å². The Morgan fingerprint density at radius 1 is 1.12 bits per heavy atom. The van der Waals surface area contributed by atoms with Gasteiger partial charge in [-0.25, -0.2) is 8.78 Å². The standard InChI is InChI=1S/C19H21F2N3.HI/c1-12-6-8-13(9-7-12)11-23-19(22-2)24-17-10-14(17)18-15(20)4-3-5-16(18)21;/h3-9,14,17H,10-11H2,1-2H3,(H2,22,23,24);1H. The summed E-state index contributed by atoms with van der Waals surface area (Å²) in [6, 6.07) is 12.2. The predicted molar refractivity (Wildman–Crippen MR) is 107 cm³/mol. The first kappa shape index (κ1) is 19.6. The summed E-state index contributed by atoms with van der Waals surface area (Å²) < 4.78 is 27.6. The van der Waals surface area contributed by atoms with Crippen molar-refractivity contribution in [2.24, 2.45) is 4.99 Å². The van der Waals surface area contributed by atoms with Gasteiger partial charge in [0, 0.05) is 31.1 Å². The van der Waals surface area contributed by atoms with Gasteiger partial charge in [0.1, 0.15) is 11.6 Å². The normalized spacial score (nSPS) is 19.1. The minimum absolute atomic E-state index is 0. The molecule has 25 heavy (non-hydrogen) atoms. The number of nitrogens with one attached hydrogen (secondary N) is 2. The molecule has 1 saturated carbocycles. The van der Waals surface area contributed by atoms with Gasteiger partial charge in [0.15, 0.2) is 5.96 Å². The highest BCUT2D eigenvalue weighted by Gasteiger charge is 2.42. The van der Waals surface area contributed by atoms with E-state index in [1.807, 2.05) is 6.92 Å². The third-order valence-corrected chi connectivity index (χ3v) is 4.29. The molecule has 0 amide bonds. The van der Waals surface area contributed by atoms with Crippen molar-refractivity contribution < 1.29 is 8.78 Å². The van der Waals surface area contributed by atoms with Crippen molar-refractivity contribution in [1.82, 2.24) is 10.6 Å². The van der Waals surface area contributed by atoms with Crippen LogP contribution >= 0.6 is 24.0 Å². The Hall–Kier alpha value is -1.70. The van der Waals surface area contributed by atoms with E-state index in [0.29, 0.717) is 18.9 Å². The molecular formula is C19H22F2IN3. The molecule has 1 aliphatic carbocycles. The maximum absolute atomic E-state index is 13.8. The number of guanidine groups is 1. The van der Waals surface area contributed by atoms with Crippen LogP contribution in [0.15, 0.2) is 47.5 Å². The van der Waals surface area contributed by atoms with Crippen LogP contribution in [0.4, 0.5) is 8.78 Å². The van der Waals surface area contributed by atoms with Crippen LogP contribution in [0.2, 0.25) is 0 Å². The summed E-state index contributed by atoms with van der Waals surface area (Å²) in [5.74, 6) is -0.470. The molecule has 0 radical (unpaired) electrons. The van der Waals surface area contributed by atoms with Gasteiger partial charge in [0.25, 0.3) is 0 Å². The number of nitrogens with zero attached hydrogens (tertiary/aromatic N) is 1. The third-order valence-electron chi connectivity index (χ3n) is 4.29. The zero-order valence-corrected chi connectivity index (χ0v) is 16.6. The number of halogens is 3. The van der Waals surface area contributed by atoms with Crippen molar-refractivity contribution in [3.05, 3.63) is 70.8 Å². The molecular weight excluding hydrogens is 435 g/mol. The van der Waals surface area contributed by atoms with Gasteiger partial charge < -0.3 is 10.6 Å². The summed E-state index contributed by atoms with van der Waals surface area (Å²) in [5, 5.41) is 6.46. The van der Waals surface area contributed by atoms with Crippen LogP contribution < -0.4 is 10.6 Å². The highest BCUT2D eigenvalue weighted by Crippen LogP contribution is 2.43. The van der Waals surface area contributed by atoms with Gasteiger partial charge in [-0.1, -0.05) is 35.9 Å². The van der Waals surface area contributed by atoms with E-state index in [4.69, 9.17) is 0 Å². The summed E-state index contributed by atoms with van der Waals surface area (Å²) in [6.45, 7) is 2.69. The molecule has 1 fully saturated rings. The molecule has 0 heterocycles. The first-order chi connectivity index (χ1) is 11.6. The van der Waals surface area contributed by atoms with Crippen molar-refractivity contribution in [2.45, 2.75) is 31.8 Å². The minimum Gasteiger partial charge on any atom is -0.353 e. The lowest BCUT2D eigenvalue weighted by Crippen LogP contribution is -2.38. The molecule has 6 heteroatoms. The van der Waals surface area contributed by atoms with E-state index in [1.165, 1.54) is 23.8 Å². The van der Waals surface area contributed by atoms with E-state index in [2.05, 4.69) is 39.9 Å². The van der Waals surface area contributed by atoms with Gasteiger partial charge in [-0.05, 0) is 31.0 Å². The largest absolute Gasteiger partial charge is 0.353 e. The Morgan fingerprint density at radius 3 is 2.36 bits per heavy atom. The molecule has 0 saturated heterocycles. The smallest absolute Gasteiger partial charge is 0.191 e. The first-order valence-corrected chi connectivity index (χ1v) is 8.05. The maximum Gasteiger partial charge on any atom is 0.191 e. The Bertz CT molecular complexity index is 727. The van der Waals surface area contributed by atoms with Crippen LogP contribution in [-0.4, -0.2) is 19.0 Å². The van der Waals surface area contributed by atoms with Crippen LogP contribution in [0.25, 0.3) is 0 Å². The molecule has 3 nitrogen and oxygen atoms in total. The van der Waals surface area contributed by atoms with Gasteiger partial charge in [-0.15, -0.1) is 24.0 Å². The van der Waals surface area contributed by atoms with E-state index >= 15 is 0 Å². The fourth-order valence-electron chi connectivity index (χ4n) is 2.80. The molecule has 2 aromatic carbocycles. The average molecular weight is 457 g/mol. The zero-order chi connectivity index (χ0) is 17.1. The van der Waals surface area contributed by atoms with Crippen molar-refractivity contribution in [3.63, 3.8) is 0 Å². The summed E-state index contributed by atoms with van der Waals surface area (Å²) >= 11 is 0. The average Bonchev–Trinajstić information content (AvgIpc) is 3.31. The van der Waals surface area contributed by atoms with Crippen LogP contribution in [0.3, 0.4) is 0 Å². The number of benzene rings is 2. The monoisotopic (exact) mass is 457 g/mol. The first-order valence-electron chi connectivity index (χ1n) is 8.05. The number of rotatable bonds is 4. The SMILES string of the molecule is CN=C(NCc1ccc(C)cc1)NC1CC1c1c(F)cccc1F.I. The topological polar surface area (TPSA) is 36.4 Å². The van der Waals surface area contributed by atoms with Gasteiger partial charge in [0.2, 0.25) is 0 Å². The predicted octanol–water partition coefficient (Wildman–Crippen LogP) is 4.11. The van der Waals surface area contributed by atoms with E-state index < -0.39 is 11.6 Å². The lowest BCUT2D eigenvalue weighted by molar-refractivity contribution is 0.553. The van der Waals surface area contributed by atoms with Crippen molar-refractivity contribution in [2.75, 3.05) is 7.05 Å². The molecule has 2 unspecified atom stereocenters. The van der Waals surface area contributed by atoms with Gasteiger partial charge in [0.05, 0.1) is 0 Å². The molecule has 2 N–H and O–H groups in total. The second-order valence-corrected chi connectivity index (χ2v) is 6.14. The molecule has 0 bridgehead atoms. The Labute approximate surface area is 164 Å². The molecule has 1 aliphatic rings. The summed E-state index contributed by atoms with van der Waals surface area (Å²) in [7, 11) is 1.69. The van der Waals surface area contributed by atoms with Crippen LogP contribution in [0, 0.1) is 18.6 Å². The molecule has 0 spiro atoms. The minimum atomic E-state index is -0.480. The van der Waals surface area contributed by atoms with Crippen molar-refractivity contribution in [3.8, 4) is 0 Å². The van der Waals surface area contributed by atoms with Crippen molar-refractivity contribution in [1.29, 1.82) is 0 Å². The van der Waals surface area contributed by atoms with E-state index in [9.17, 15) is 8.78 Å². The van der Waals surface area contributed by atoms with E-state index in [1.54, 1.807) is 7.05 Å². The maximum atomic E-state index is 13.8. The lowest BCUT2D eigenvalue weighted by atomic mass is 10.1. The number of aliphatic imine (C=N–C) groups is 1. The molecule has 0 aromatic heterocycles. The van der Waals surface area contributed by atoms with Gasteiger partial charge in [-0.3, -0.25) is 4.99 Å². The third kappa shape index (κ3) is 4.90. The molecule has 0 aliphatic heterocycles. The highest BCUT2D eigenvalue weighted by atomic mass is 127. The van der Waals surface area contributed by atoms with Crippen LogP contribution in [0.5, 0.6) is 0 Å². The zero-order valence-electron chi connectivity index (χ0n) is 14.2. The Morgan fingerprint density at radius 2 is 1.76 bits per heavy atom. The molecule has 2 aromatic rings. The molecule has 134 valence electrons. The number of hydrogen-bond donors (Lipinski definition) is 2. The van der Waals surface area contributed by atoms with E-state index in [-0.39, 0.29) is 41.5 Å². The quantitative estimate of drug-likeness (QED) is 0.412. The summed E-state index contributed by atoms with van der Waals surface area (Å²) in [5.41, 5.74) is 2.54. The molecule has 2 atom stereocenters. The number of aryl methyl sites for hydroxylation is 1. The second-order valence-electron chi connectivity index (χ2n) is 6.14. The fraction of sp³-hybridized carbons (Fsp3) is 0.316. The summed E-state index contributed by atoms with van der Waals surface area (Å²) in [4.78, 5) is 4.18. The van der Waals surface area contributed by atoms with E-state index in [0.717, 1.165) is 5.56 Å².